The Hall–Kier alpha value is -3.31. The van der Waals surface area contributed by atoms with Gasteiger partial charge in [0.2, 0.25) is 0 Å². The van der Waals surface area contributed by atoms with Gasteiger partial charge >= 0.3 is 5.97 Å². The SMILES string of the molecule is Cc1ccc(OCc2ccccc2)cc1C(=O)Nc1ccc(CC(=O)O)cc1Cl. The van der Waals surface area contributed by atoms with Crippen molar-refractivity contribution in [1.29, 1.82) is 0 Å². The molecule has 5 nitrogen and oxygen atoms in total. The number of carbonyl (C=O) groups is 2. The number of aryl methyl sites for hydroxylation is 1. The molecule has 148 valence electrons. The van der Waals surface area contributed by atoms with Crippen molar-refractivity contribution in [2.24, 2.45) is 0 Å². The van der Waals surface area contributed by atoms with Gasteiger partial charge in [-0.1, -0.05) is 54.1 Å². The number of carboxylic acid groups (broad SMARTS) is 1. The van der Waals surface area contributed by atoms with E-state index in [-0.39, 0.29) is 17.4 Å². The molecule has 0 spiro atoms. The third-order valence-electron chi connectivity index (χ3n) is 4.34. The van der Waals surface area contributed by atoms with Gasteiger partial charge in [0, 0.05) is 5.56 Å². The van der Waals surface area contributed by atoms with Crippen molar-refractivity contribution in [3.63, 3.8) is 0 Å². The molecule has 1 amide bonds. The van der Waals surface area contributed by atoms with Crippen molar-refractivity contribution < 1.29 is 19.4 Å². The molecule has 0 saturated carbocycles. The third kappa shape index (κ3) is 5.59. The second kappa shape index (κ2) is 9.26. The maximum Gasteiger partial charge on any atom is 0.307 e. The minimum Gasteiger partial charge on any atom is -0.489 e. The number of aliphatic carboxylic acids is 1. The molecule has 0 saturated heterocycles. The number of carbonyl (C=O) groups excluding carboxylic acids is 1. The van der Waals surface area contributed by atoms with Gasteiger partial charge in [-0.3, -0.25) is 9.59 Å². The van der Waals surface area contributed by atoms with Gasteiger partial charge in [-0.2, -0.15) is 0 Å². The molecular formula is C23H20ClNO4. The number of hydrogen-bond acceptors (Lipinski definition) is 3. The van der Waals surface area contributed by atoms with E-state index in [4.69, 9.17) is 21.4 Å². The van der Waals surface area contributed by atoms with Crippen molar-refractivity contribution >= 4 is 29.2 Å². The Kier molecular flexibility index (Phi) is 6.52. The number of hydrogen-bond donors (Lipinski definition) is 2. The predicted molar refractivity (Wildman–Crippen MR) is 113 cm³/mol. The second-order valence-electron chi connectivity index (χ2n) is 6.59. The van der Waals surface area contributed by atoms with Gasteiger partial charge in [0.25, 0.3) is 5.91 Å². The normalized spacial score (nSPS) is 10.4. The van der Waals surface area contributed by atoms with Crippen LogP contribution in [0.5, 0.6) is 5.75 Å². The Morgan fingerprint density at radius 2 is 1.76 bits per heavy atom. The Labute approximate surface area is 173 Å². The lowest BCUT2D eigenvalue weighted by Gasteiger charge is -2.12. The maximum atomic E-state index is 12.8. The van der Waals surface area contributed by atoms with Gasteiger partial charge in [-0.15, -0.1) is 0 Å². The highest BCUT2D eigenvalue weighted by Crippen LogP contribution is 2.25. The largest absolute Gasteiger partial charge is 0.489 e. The van der Waals surface area contributed by atoms with Crippen molar-refractivity contribution in [2.75, 3.05) is 5.32 Å². The molecule has 0 radical (unpaired) electrons. The lowest BCUT2D eigenvalue weighted by atomic mass is 10.1. The zero-order valence-electron chi connectivity index (χ0n) is 15.8. The molecule has 3 rings (SSSR count). The summed E-state index contributed by atoms with van der Waals surface area (Å²) in [4.78, 5) is 23.6. The smallest absolute Gasteiger partial charge is 0.307 e. The molecule has 3 aromatic carbocycles. The van der Waals surface area contributed by atoms with Crippen molar-refractivity contribution in [1.82, 2.24) is 0 Å². The van der Waals surface area contributed by atoms with Crippen LogP contribution in [0, 0.1) is 6.92 Å². The van der Waals surface area contributed by atoms with E-state index < -0.39 is 5.97 Å². The zero-order chi connectivity index (χ0) is 20.8. The standard InChI is InChI=1S/C23H20ClNO4/c1-15-7-9-18(29-14-16-5-3-2-4-6-16)13-19(15)23(28)25-21-10-8-17(11-20(21)24)12-22(26)27/h2-11,13H,12,14H2,1H3,(H,25,28)(H,26,27). The lowest BCUT2D eigenvalue weighted by Crippen LogP contribution is -2.14. The Morgan fingerprint density at radius 3 is 2.45 bits per heavy atom. The average Bonchev–Trinajstić information content (AvgIpc) is 2.69. The number of benzene rings is 3. The highest BCUT2D eigenvalue weighted by molar-refractivity contribution is 6.34. The summed E-state index contributed by atoms with van der Waals surface area (Å²) in [5, 5.41) is 11.9. The fourth-order valence-corrected chi connectivity index (χ4v) is 3.06. The van der Waals surface area contributed by atoms with E-state index in [0.717, 1.165) is 11.1 Å². The molecule has 0 heterocycles. The number of ether oxygens (including phenoxy) is 1. The van der Waals surface area contributed by atoms with Crippen molar-refractivity contribution in [3.05, 3.63) is 94.0 Å². The summed E-state index contributed by atoms with van der Waals surface area (Å²) < 4.78 is 5.80. The first-order valence-corrected chi connectivity index (χ1v) is 9.39. The summed E-state index contributed by atoms with van der Waals surface area (Å²) in [6.07, 6.45) is -0.131. The Bertz CT molecular complexity index is 1030. The van der Waals surface area contributed by atoms with Crippen LogP contribution in [0.2, 0.25) is 5.02 Å². The minimum absolute atomic E-state index is 0.131. The van der Waals surface area contributed by atoms with Crippen LogP contribution in [0.4, 0.5) is 5.69 Å². The molecule has 2 N–H and O–H groups in total. The fourth-order valence-electron chi connectivity index (χ4n) is 2.81. The Balaban J connectivity index is 1.72. The van der Waals surface area contributed by atoms with Gasteiger partial charge < -0.3 is 15.2 Å². The molecule has 6 heteroatoms. The number of halogens is 1. The zero-order valence-corrected chi connectivity index (χ0v) is 16.6. The van der Waals surface area contributed by atoms with E-state index in [1.165, 1.54) is 6.07 Å². The maximum absolute atomic E-state index is 12.8. The van der Waals surface area contributed by atoms with Gasteiger partial charge in [-0.25, -0.2) is 0 Å². The van der Waals surface area contributed by atoms with Crippen LogP contribution in [-0.4, -0.2) is 17.0 Å². The van der Waals surface area contributed by atoms with Gasteiger partial charge in [0.05, 0.1) is 17.1 Å². The lowest BCUT2D eigenvalue weighted by molar-refractivity contribution is -0.136. The summed E-state index contributed by atoms with van der Waals surface area (Å²) in [5.41, 5.74) is 3.29. The number of nitrogens with one attached hydrogen (secondary N) is 1. The van der Waals surface area contributed by atoms with E-state index in [2.05, 4.69) is 5.32 Å². The van der Waals surface area contributed by atoms with Gasteiger partial charge in [0.15, 0.2) is 0 Å². The minimum atomic E-state index is -0.944. The third-order valence-corrected chi connectivity index (χ3v) is 4.65. The van der Waals surface area contributed by atoms with Gasteiger partial charge in [-0.05, 0) is 47.9 Å². The van der Waals surface area contributed by atoms with E-state index in [9.17, 15) is 9.59 Å². The van der Waals surface area contributed by atoms with Crippen molar-refractivity contribution in [3.8, 4) is 5.75 Å². The van der Waals surface area contributed by atoms with E-state index >= 15 is 0 Å². The Morgan fingerprint density at radius 1 is 1.00 bits per heavy atom. The highest BCUT2D eigenvalue weighted by atomic mass is 35.5. The molecule has 0 aliphatic heterocycles. The fraction of sp³-hybridized carbons (Fsp3) is 0.130. The molecule has 0 aliphatic carbocycles. The number of amides is 1. The summed E-state index contributed by atoms with van der Waals surface area (Å²) in [6.45, 7) is 2.25. The molecule has 0 aromatic heterocycles. The summed E-state index contributed by atoms with van der Waals surface area (Å²) >= 11 is 6.20. The molecular weight excluding hydrogens is 390 g/mol. The van der Waals surface area contributed by atoms with E-state index in [0.29, 0.717) is 29.2 Å². The van der Waals surface area contributed by atoms with Crippen LogP contribution in [0.25, 0.3) is 0 Å². The first-order chi connectivity index (χ1) is 13.9. The van der Waals surface area contributed by atoms with E-state index in [1.54, 1.807) is 18.2 Å². The van der Waals surface area contributed by atoms with Crippen LogP contribution in [-0.2, 0) is 17.8 Å². The summed E-state index contributed by atoms with van der Waals surface area (Å²) in [6, 6.07) is 19.9. The first kappa shape index (κ1) is 20.4. The first-order valence-electron chi connectivity index (χ1n) is 9.01. The topological polar surface area (TPSA) is 75.6 Å². The number of rotatable bonds is 7. The van der Waals surface area contributed by atoms with Crippen LogP contribution < -0.4 is 10.1 Å². The second-order valence-corrected chi connectivity index (χ2v) is 7.00. The van der Waals surface area contributed by atoms with Crippen LogP contribution in [0.1, 0.15) is 27.0 Å². The summed E-state index contributed by atoms with van der Waals surface area (Å²) in [5.74, 6) is -0.672. The van der Waals surface area contributed by atoms with Gasteiger partial charge in [0.1, 0.15) is 12.4 Å². The van der Waals surface area contributed by atoms with Crippen LogP contribution in [0.3, 0.4) is 0 Å². The molecule has 29 heavy (non-hydrogen) atoms. The molecule has 0 unspecified atom stereocenters. The van der Waals surface area contributed by atoms with Crippen molar-refractivity contribution in [2.45, 2.75) is 20.0 Å². The number of anilines is 1. The molecule has 0 fully saturated rings. The number of carboxylic acids is 1. The van der Waals surface area contributed by atoms with E-state index in [1.807, 2.05) is 49.4 Å². The monoisotopic (exact) mass is 409 g/mol. The molecule has 0 atom stereocenters. The highest BCUT2D eigenvalue weighted by Gasteiger charge is 2.13. The van der Waals surface area contributed by atoms with Crippen LogP contribution in [0.15, 0.2) is 66.7 Å². The molecule has 3 aromatic rings. The predicted octanol–water partition coefficient (Wildman–Crippen LogP) is 5.11. The molecule has 0 aliphatic rings. The summed E-state index contributed by atoms with van der Waals surface area (Å²) in [7, 11) is 0. The van der Waals surface area contributed by atoms with Crippen LogP contribution >= 0.6 is 11.6 Å². The average molecular weight is 410 g/mol. The quantitative estimate of drug-likeness (QED) is 0.568. The molecule has 0 bridgehead atoms.